The van der Waals surface area contributed by atoms with Gasteiger partial charge < -0.3 is 9.84 Å². The summed E-state index contributed by atoms with van der Waals surface area (Å²) in [7, 11) is 0. The Bertz CT molecular complexity index is 336. The molecule has 1 heterocycles. The van der Waals surface area contributed by atoms with Crippen molar-refractivity contribution < 1.29 is 4.52 Å². The third-order valence-corrected chi connectivity index (χ3v) is 2.95. The van der Waals surface area contributed by atoms with E-state index in [4.69, 9.17) is 4.52 Å². The van der Waals surface area contributed by atoms with Gasteiger partial charge in [-0.15, -0.1) is 0 Å². The minimum Gasteiger partial charge on any atom is -0.339 e. The fourth-order valence-electron chi connectivity index (χ4n) is 1.75. The summed E-state index contributed by atoms with van der Waals surface area (Å²) in [6, 6.07) is 0. The topological polar surface area (TPSA) is 51.0 Å². The lowest BCUT2D eigenvalue weighted by molar-refractivity contribution is 0.341. The van der Waals surface area contributed by atoms with Gasteiger partial charge in [0, 0.05) is 24.4 Å². The van der Waals surface area contributed by atoms with Gasteiger partial charge in [-0.25, -0.2) is 0 Å². The third-order valence-electron chi connectivity index (χ3n) is 2.95. The molecule has 4 nitrogen and oxygen atoms in total. The predicted octanol–water partition coefficient (Wildman–Crippen LogP) is 2.27. The highest BCUT2D eigenvalue weighted by molar-refractivity contribution is 4.99. The van der Waals surface area contributed by atoms with Gasteiger partial charge in [-0.2, -0.15) is 4.98 Å². The summed E-state index contributed by atoms with van der Waals surface area (Å²) in [6.07, 6.45) is 4.57. The summed E-state index contributed by atoms with van der Waals surface area (Å²) >= 11 is 0. The van der Waals surface area contributed by atoms with Crippen molar-refractivity contribution in [2.24, 2.45) is 0 Å². The van der Waals surface area contributed by atoms with Gasteiger partial charge >= 0.3 is 0 Å². The fraction of sp³-hybridized carbons (Fsp3) is 0.833. The Balaban J connectivity index is 1.79. The van der Waals surface area contributed by atoms with Crippen molar-refractivity contribution in [1.29, 1.82) is 0 Å². The summed E-state index contributed by atoms with van der Waals surface area (Å²) in [5, 5.41) is 7.45. The van der Waals surface area contributed by atoms with Crippen LogP contribution in [-0.2, 0) is 6.42 Å². The van der Waals surface area contributed by atoms with E-state index in [9.17, 15) is 0 Å². The largest absolute Gasteiger partial charge is 0.339 e. The molecular weight excluding hydrogens is 202 g/mol. The van der Waals surface area contributed by atoms with E-state index in [1.807, 2.05) is 0 Å². The average molecular weight is 223 g/mol. The SMILES string of the molecule is CC(C)(C)NCCc1nc(C2CCC2)no1. The maximum atomic E-state index is 5.24. The van der Waals surface area contributed by atoms with Crippen molar-refractivity contribution in [1.82, 2.24) is 15.5 Å². The Labute approximate surface area is 96.8 Å². The summed E-state index contributed by atoms with van der Waals surface area (Å²) in [4.78, 5) is 4.43. The monoisotopic (exact) mass is 223 g/mol. The summed E-state index contributed by atoms with van der Waals surface area (Å²) in [6.45, 7) is 7.34. The van der Waals surface area contributed by atoms with Crippen molar-refractivity contribution in [3.05, 3.63) is 11.7 Å². The van der Waals surface area contributed by atoms with Crippen LogP contribution in [0.5, 0.6) is 0 Å². The number of nitrogens with one attached hydrogen (secondary N) is 1. The molecule has 1 N–H and O–H groups in total. The first-order chi connectivity index (χ1) is 7.54. The summed E-state index contributed by atoms with van der Waals surface area (Å²) < 4.78 is 5.24. The van der Waals surface area contributed by atoms with Crippen molar-refractivity contribution >= 4 is 0 Å². The predicted molar refractivity (Wildman–Crippen MR) is 62.3 cm³/mol. The Kier molecular flexibility index (Phi) is 3.28. The van der Waals surface area contributed by atoms with Crippen LogP contribution in [0, 0.1) is 0 Å². The van der Waals surface area contributed by atoms with E-state index in [2.05, 4.69) is 36.2 Å². The average Bonchev–Trinajstić information content (AvgIpc) is 2.47. The first kappa shape index (κ1) is 11.6. The highest BCUT2D eigenvalue weighted by Crippen LogP contribution is 2.34. The molecule has 2 rings (SSSR count). The van der Waals surface area contributed by atoms with Gasteiger partial charge in [0.15, 0.2) is 5.82 Å². The molecule has 0 spiro atoms. The molecular formula is C12H21N3O. The lowest BCUT2D eigenvalue weighted by Gasteiger charge is -2.21. The van der Waals surface area contributed by atoms with Crippen LogP contribution >= 0.6 is 0 Å². The van der Waals surface area contributed by atoms with Crippen LogP contribution in [0.3, 0.4) is 0 Å². The number of rotatable bonds is 4. The molecule has 0 unspecified atom stereocenters. The standard InChI is InChI=1S/C12H21N3O/c1-12(2,3)13-8-7-10-14-11(15-16-10)9-5-4-6-9/h9,13H,4-8H2,1-3H3. The minimum absolute atomic E-state index is 0.150. The molecule has 16 heavy (non-hydrogen) atoms. The Morgan fingerprint density at radius 2 is 2.12 bits per heavy atom. The van der Waals surface area contributed by atoms with E-state index < -0.39 is 0 Å². The molecule has 0 atom stereocenters. The van der Waals surface area contributed by atoms with Gasteiger partial charge in [0.25, 0.3) is 0 Å². The van der Waals surface area contributed by atoms with Crippen LogP contribution in [0.4, 0.5) is 0 Å². The third kappa shape index (κ3) is 3.04. The smallest absolute Gasteiger partial charge is 0.227 e. The maximum Gasteiger partial charge on any atom is 0.227 e. The quantitative estimate of drug-likeness (QED) is 0.850. The number of nitrogens with zero attached hydrogens (tertiary/aromatic N) is 2. The molecule has 0 saturated heterocycles. The van der Waals surface area contributed by atoms with E-state index in [0.29, 0.717) is 5.92 Å². The second kappa shape index (κ2) is 4.53. The molecule has 1 aromatic heterocycles. The molecule has 1 fully saturated rings. The van der Waals surface area contributed by atoms with E-state index >= 15 is 0 Å². The Morgan fingerprint density at radius 3 is 2.69 bits per heavy atom. The highest BCUT2D eigenvalue weighted by atomic mass is 16.5. The van der Waals surface area contributed by atoms with Crippen molar-refractivity contribution in [3.63, 3.8) is 0 Å². The van der Waals surface area contributed by atoms with Crippen molar-refractivity contribution in [2.75, 3.05) is 6.54 Å². The molecule has 1 aliphatic carbocycles. The first-order valence-electron chi connectivity index (χ1n) is 6.12. The van der Waals surface area contributed by atoms with Crippen LogP contribution in [-0.4, -0.2) is 22.2 Å². The number of hydrogen-bond acceptors (Lipinski definition) is 4. The molecule has 0 amide bonds. The lowest BCUT2D eigenvalue weighted by Crippen LogP contribution is -2.37. The molecule has 90 valence electrons. The van der Waals surface area contributed by atoms with Gasteiger partial charge in [-0.1, -0.05) is 11.6 Å². The Morgan fingerprint density at radius 1 is 1.38 bits per heavy atom. The highest BCUT2D eigenvalue weighted by Gasteiger charge is 2.24. The van der Waals surface area contributed by atoms with Crippen molar-refractivity contribution in [2.45, 2.75) is 57.9 Å². The zero-order chi connectivity index (χ0) is 11.6. The molecule has 0 aromatic carbocycles. The molecule has 1 saturated carbocycles. The van der Waals surface area contributed by atoms with Crippen LogP contribution in [0.2, 0.25) is 0 Å². The van der Waals surface area contributed by atoms with Gasteiger partial charge in [-0.3, -0.25) is 0 Å². The second-order valence-corrected chi connectivity index (χ2v) is 5.60. The lowest BCUT2D eigenvalue weighted by atomic mass is 9.85. The molecule has 0 radical (unpaired) electrons. The summed E-state index contributed by atoms with van der Waals surface area (Å²) in [5.41, 5.74) is 0.150. The normalized spacial score (nSPS) is 17.4. The van der Waals surface area contributed by atoms with Crippen LogP contribution in [0.25, 0.3) is 0 Å². The Hall–Kier alpha value is -0.900. The molecule has 1 aliphatic rings. The maximum absolute atomic E-state index is 5.24. The number of hydrogen-bond donors (Lipinski definition) is 1. The van der Waals surface area contributed by atoms with Crippen LogP contribution < -0.4 is 5.32 Å². The van der Waals surface area contributed by atoms with Gasteiger partial charge in [0.05, 0.1) is 0 Å². The minimum atomic E-state index is 0.150. The number of aromatic nitrogens is 2. The van der Waals surface area contributed by atoms with E-state index in [0.717, 1.165) is 24.7 Å². The zero-order valence-electron chi connectivity index (χ0n) is 10.4. The molecule has 1 aromatic rings. The van der Waals surface area contributed by atoms with E-state index in [-0.39, 0.29) is 5.54 Å². The van der Waals surface area contributed by atoms with Crippen LogP contribution in [0.15, 0.2) is 4.52 Å². The molecule has 0 aliphatic heterocycles. The van der Waals surface area contributed by atoms with Crippen LogP contribution in [0.1, 0.15) is 57.7 Å². The summed E-state index contributed by atoms with van der Waals surface area (Å²) in [5.74, 6) is 2.24. The van der Waals surface area contributed by atoms with Gasteiger partial charge in [0.2, 0.25) is 5.89 Å². The van der Waals surface area contributed by atoms with Gasteiger partial charge in [-0.05, 0) is 33.6 Å². The second-order valence-electron chi connectivity index (χ2n) is 5.60. The zero-order valence-corrected chi connectivity index (χ0v) is 10.4. The van der Waals surface area contributed by atoms with E-state index in [1.165, 1.54) is 19.3 Å². The first-order valence-corrected chi connectivity index (χ1v) is 6.12. The molecule has 4 heteroatoms. The van der Waals surface area contributed by atoms with E-state index in [1.54, 1.807) is 0 Å². The van der Waals surface area contributed by atoms with Crippen molar-refractivity contribution in [3.8, 4) is 0 Å². The van der Waals surface area contributed by atoms with Gasteiger partial charge in [0.1, 0.15) is 0 Å². The fourth-order valence-corrected chi connectivity index (χ4v) is 1.75. The molecule has 0 bridgehead atoms.